The minimum Gasteiger partial charge on any atom is -0.494 e. The van der Waals surface area contributed by atoms with E-state index in [4.69, 9.17) is 4.74 Å². The first-order valence-electron chi connectivity index (χ1n) is 9.75. The van der Waals surface area contributed by atoms with Crippen LogP contribution in [0.5, 0.6) is 5.75 Å². The first kappa shape index (κ1) is 20.5. The molecule has 152 valence electrons. The number of para-hydroxylation sites is 1. The maximum absolute atomic E-state index is 12.5. The third kappa shape index (κ3) is 5.38. The van der Waals surface area contributed by atoms with E-state index < -0.39 is 17.9 Å². The molecule has 0 aliphatic rings. The molecule has 1 heterocycles. The molecule has 0 saturated heterocycles. The highest BCUT2D eigenvalue weighted by Gasteiger charge is 2.22. The fraction of sp³-hybridized carbons (Fsp3) is 0.304. The van der Waals surface area contributed by atoms with Crippen LogP contribution in [0.4, 0.5) is 0 Å². The number of benzene rings is 2. The van der Waals surface area contributed by atoms with E-state index in [0.29, 0.717) is 23.8 Å². The van der Waals surface area contributed by atoms with Gasteiger partial charge in [0.15, 0.2) is 0 Å². The Morgan fingerprint density at radius 3 is 2.52 bits per heavy atom. The van der Waals surface area contributed by atoms with Gasteiger partial charge in [0.05, 0.1) is 6.61 Å². The Morgan fingerprint density at radius 2 is 1.83 bits per heavy atom. The van der Waals surface area contributed by atoms with Gasteiger partial charge in [-0.3, -0.25) is 4.79 Å². The maximum atomic E-state index is 12.5. The lowest BCUT2D eigenvalue weighted by Crippen LogP contribution is -2.42. The number of carbonyl (C=O) groups is 2. The predicted octanol–water partition coefficient (Wildman–Crippen LogP) is 4.02. The van der Waals surface area contributed by atoms with Crippen LogP contribution in [-0.2, 0) is 11.2 Å². The summed E-state index contributed by atoms with van der Waals surface area (Å²) < 4.78 is 5.65. The van der Waals surface area contributed by atoms with Crippen molar-refractivity contribution in [2.45, 2.75) is 32.7 Å². The van der Waals surface area contributed by atoms with Gasteiger partial charge in [-0.25, -0.2) is 4.79 Å². The highest BCUT2D eigenvalue weighted by molar-refractivity contribution is 5.97. The summed E-state index contributed by atoms with van der Waals surface area (Å²) in [6.45, 7) is 4.88. The molecule has 0 aliphatic carbocycles. The fourth-order valence-electron chi connectivity index (χ4n) is 3.08. The topological polar surface area (TPSA) is 91.4 Å². The number of aliphatic carboxylic acids is 1. The standard InChI is InChI=1S/C23H26N2O4/c1-15(2)11-12-29-18-9-7-16(8-10-18)22(26)25-21(23(27)28)13-17-14-24-20-6-4-3-5-19(17)20/h3-10,14-15,21,24H,11-13H2,1-2H3,(H,25,26)(H,27,28). The molecular formula is C23H26N2O4. The molecule has 0 fully saturated rings. The number of rotatable bonds is 9. The van der Waals surface area contributed by atoms with Crippen molar-refractivity contribution in [1.82, 2.24) is 10.3 Å². The van der Waals surface area contributed by atoms with Crippen molar-refractivity contribution < 1.29 is 19.4 Å². The number of amides is 1. The smallest absolute Gasteiger partial charge is 0.326 e. The Labute approximate surface area is 169 Å². The molecule has 0 aliphatic heterocycles. The zero-order chi connectivity index (χ0) is 20.8. The summed E-state index contributed by atoms with van der Waals surface area (Å²) in [5.74, 6) is -0.246. The molecule has 0 bridgehead atoms. The van der Waals surface area contributed by atoms with Crippen LogP contribution in [0.15, 0.2) is 54.7 Å². The molecule has 6 heteroatoms. The quantitative estimate of drug-likeness (QED) is 0.511. The number of H-pyrrole nitrogens is 1. The zero-order valence-electron chi connectivity index (χ0n) is 16.6. The van der Waals surface area contributed by atoms with Crippen LogP contribution in [0.2, 0.25) is 0 Å². The van der Waals surface area contributed by atoms with E-state index in [1.54, 1.807) is 30.5 Å². The van der Waals surface area contributed by atoms with Gasteiger partial charge in [-0.05, 0) is 48.2 Å². The molecule has 3 rings (SSSR count). The van der Waals surface area contributed by atoms with Crippen LogP contribution in [0.3, 0.4) is 0 Å². The monoisotopic (exact) mass is 394 g/mol. The summed E-state index contributed by atoms with van der Waals surface area (Å²) in [7, 11) is 0. The van der Waals surface area contributed by atoms with Crippen molar-refractivity contribution in [3.05, 3.63) is 65.9 Å². The molecule has 2 aromatic carbocycles. The zero-order valence-corrected chi connectivity index (χ0v) is 16.6. The van der Waals surface area contributed by atoms with Crippen LogP contribution in [-0.4, -0.2) is 34.6 Å². The van der Waals surface area contributed by atoms with E-state index in [0.717, 1.165) is 22.9 Å². The van der Waals surface area contributed by atoms with Crippen LogP contribution < -0.4 is 10.1 Å². The number of fused-ring (bicyclic) bond motifs is 1. The molecular weight excluding hydrogens is 368 g/mol. The van der Waals surface area contributed by atoms with Gasteiger partial charge in [0.1, 0.15) is 11.8 Å². The van der Waals surface area contributed by atoms with Crippen LogP contribution in [0.1, 0.15) is 36.2 Å². The van der Waals surface area contributed by atoms with Crippen LogP contribution in [0, 0.1) is 5.92 Å². The van der Waals surface area contributed by atoms with Crippen molar-refractivity contribution in [1.29, 1.82) is 0 Å². The second-order valence-corrected chi connectivity index (χ2v) is 7.48. The van der Waals surface area contributed by atoms with Crippen LogP contribution >= 0.6 is 0 Å². The maximum Gasteiger partial charge on any atom is 0.326 e. The minimum atomic E-state index is -1.07. The minimum absolute atomic E-state index is 0.196. The van der Waals surface area contributed by atoms with Gasteiger partial charge < -0.3 is 20.1 Å². The lowest BCUT2D eigenvalue weighted by molar-refractivity contribution is -0.139. The van der Waals surface area contributed by atoms with Gasteiger partial charge in [0.2, 0.25) is 0 Å². The number of nitrogens with one attached hydrogen (secondary N) is 2. The largest absolute Gasteiger partial charge is 0.494 e. The third-order valence-corrected chi connectivity index (χ3v) is 4.78. The second kappa shape index (κ2) is 9.28. The number of carbonyl (C=O) groups excluding carboxylic acids is 1. The molecule has 3 aromatic rings. The number of aromatic nitrogens is 1. The first-order chi connectivity index (χ1) is 13.9. The van der Waals surface area contributed by atoms with E-state index >= 15 is 0 Å². The van der Waals surface area contributed by atoms with Crippen molar-refractivity contribution in [2.75, 3.05) is 6.61 Å². The summed E-state index contributed by atoms with van der Waals surface area (Å²) in [4.78, 5) is 27.4. The van der Waals surface area contributed by atoms with Crippen molar-refractivity contribution >= 4 is 22.8 Å². The highest BCUT2D eigenvalue weighted by atomic mass is 16.5. The van der Waals surface area contributed by atoms with Gasteiger partial charge in [0.25, 0.3) is 5.91 Å². The van der Waals surface area contributed by atoms with Gasteiger partial charge in [-0.1, -0.05) is 32.0 Å². The summed E-state index contributed by atoms with van der Waals surface area (Å²) >= 11 is 0. The average molecular weight is 394 g/mol. The highest BCUT2D eigenvalue weighted by Crippen LogP contribution is 2.19. The molecule has 6 nitrogen and oxygen atoms in total. The average Bonchev–Trinajstić information content (AvgIpc) is 3.10. The van der Waals surface area contributed by atoms with Gasteiger partial charge in [0, 0.05) is 29.1 Å². The Balaban J connectivity index is 1.64. The number of carboxylic acids is 1. The molecule has 1 aromatic heterocycles. The molecule has 1 amide bonds. The van der Waals surface area contributed by atoms with Crippen molar-refractivity contribution in [3.63, 3.8) is 0 Å². The fourth-order valence-corrected chi connectivity index (χ4v) is 3.08. The molecule has 3 N–H and O–H groups in total. The number of ether oxygens (including phenoxy) is 1. The second-order valence-electron chi connectivity index (χ2n) is 7.48. The Morgan fingerprint density at radius 1 is 1.10 bits per heavy atom. The van der Waals surface area contributed by atoms with E-state index in [2.05, 4.69) is 24.1 Å². The van der Waals surface area contributed by atoms with Gasteiger partial charge in [-0.2, -0.15) is 0 Å². The van der Waals surface area contributed by atoms with Gasteiger partial charge >= 0.3 is 5.97 Å². The predicted molar refractivity (Wildman–Crippen MR) is 112 cm³/mol. The normalized spacial score (nSPS) is 12.1. The van der Waals surface area contributed by atoms with E-state index in [1.165, 1.54) is 0 Å². The lowest BCUT2D eigenvalue weighted by atomic mass is 10.0. The summed E-state index contributed by atoms with van der Waals surface area (Å²) in [6, 6.07) is 13.4. The number of carboxylic acid groups (broad SMARTS) is 1. The molecule has 0 radical (unpaired) electrons. The summed E-state index contributed by atoms with van der Waals surface area (Å²) in [5.41, 5.74) is 2.18. The summed E-state index contributed by atoms with van der Waals surface area (Å²) in [6.07, 6.45) is 2.94. The van der Waals surface area contributed by atoms with Crippen molar-refractivity contribution in [2.24, 2.45) is 5.92 Å². The molecule has 0 saturated carbocycles. The Kier molecular flexibility index (Phi) is 6.54. The van der Waals surface area contributed by atoms with Crippen LogP contribution in [0.25, 0.3) is 10.9 Å². The summed E-state index contributed by atoms with van der Waals surface area (Å²) in [5, 5.41) is 13.2. The van der Waals surface area contributed by atoms with E-state index in [1.807, 2.05) is 24.3 Å². The molecule has 29 heavy (non-hydrogen) atoms. The molecule has 1 atom stereocenters. The van der Waals surface area contributed by atoms with Gasteiger partial charge in [-0.15, -0.1) is 0 Å². The molecule has 1 unspecified atom stereocenters. The van der Waals surface area contributed by atoms with E-state index in [-0.39, 0.29) is 6.42 Å². The lowest BCUT2D eigenvalue weighted by Gasteiger charge is -2.15. The van der Waals surface area contributed by atoms with Crippen molar-refractivity contribution in [3.8, 4) is 5.75 Å². The number of hydrogen-bond donors (Lipinski definition) is 3. The number of hydrogen-bond acceptors (Lipinski definition) is 3. The Bertz CT molecular complexity index is 976. The first-order valence-corrected chi connectivity index (χ1v) is 9.75. The SMILES string of the molecule is CC(C)CCOc1ccc(C(=O)NC(Cc2c[nH]c3ccccc23)C(=O)O)cc1. The molecule has 0 spiro atoms. The Hall–Kier alpha value is -3.28. The van der Waals surface area contributed by atoms with E-state index in [9.17, 15) is 14.7 Å². The number of aromatic amines is 1. The third-order valence-electron chi connectivity index (χ3n) is 4.78.